The highest BCUT2D eigenvalue weighted by Crippen LogP contribution is 2.40. The van der Waals surface area contributed by atoms with Crippen molar-refractivity contribution in [3.05, 3.63) is 52.8 Å². The van der Waals surface area contributed by atoms with Crippen LogP contribution in [-0.4, -0.2) is 45.9 Å². The van der Waals surface area contributed by atoms with Crippen molar-refractivity contribution in [3.63, 3.8) is 0 Å². The number of nitrogens with zero attached hydrogens (tertiary/aromatic N) is 3. The van der Waals surface area contributed by atoms with Gasteiger partial charge in [-0.15, -0.1) is 0 Å². The van der Waals surface area contributed by atoms with Gasteiger partial charge in [0.15, 0.2) is 0 Å². The van der Waals surface area contributed by atoms with Gasteiger partial charge in [-0.2, -0.15) is 13.2 Å². The molecule has 0 aliphatic carbocycles. The molecule has 142 valence electrons. The number of amides is 2. The molecule has 1 aromatic heterocycles. The normalized spacial score (nSPS) is 16.9. The van der Waals surface area contributed by atoms with Crippen molar-refractivity contribution >= 4 is 17.8 Å². The van der Waals surface area contributed by atoms with E-state index in [1.54, 1.807) is 19.9 Å². The van der Waals surface area contributed by atoms with Crippen molar-refractivity contribution in [3.8, 4) is 0 Å². The molecule has 1 aliphatic heterocycles. The predicted octanol–water partition coefficient (Wildman–Crippen LogP) is 2.83. The number of carbonyl (C=O) groups is 2. The summed E-state index contributed by atoms with van der Waals surface area (Å²) in [5, 5.41) is 2.39. The fourth-order valence-electron chi connectivity index (χ4n) is 2.95. The molecule has 0 fully saturated rings. The second-order valence-electron chi connectivity index (χ2n) is 6.50. The average molecular weight is 378 g/mol. The number of benzene rings is 1. The molecular formula is C18H17F3N4O2. The van der Waals surface area contributed by atoms with Crippen LogP contribution in [0.25, 0.3) is 0 Å². The third kappa shape index (κ3) is 4.07. The lowest BCUT2D eigenvalue weighted by Crippen LogP contribution is -2.47. The summed E-state index contributed by atoms with van der Waals surface area (Å²) in [5.41, 5.74) is 1.34. The smallest absolute Gasteiger partial charge is 0.328 e. The van der Waals surface area contributed by atoms with E-state index in [9.17, 15) is 22.8 Å². The Labute approximate surface area is 153 Å². The fraction of sp³-hybridized carbons (Fsp3) is 0.333. The molecule has 0 saturated carbocycles. The first kappa shape index (κ1) is 18.8. The lowest BCUT2D eigenvalue weighted by molar-refractivity contribution is -0.155. The second-order valence-corrected chi connectivity index (χ2v) is 6.50. The molecule has 27 heavy (non-hydrogen) atoms. The Morgan fingerprint density at radius 2 is 1.89 bits per heavy atom. The van der Waals surface area contributed by atoms with E-state index in [2.05, 4.69) is 15.3 Å². The molecule has 1 aliphatic rings. The highest BCUT2D eigenvalue weighted by Gasteiger charge is 2.47. The van der Waals surface area contributed by atoms with E-state index >= 15 is 0 Å². The van der Waals surface area contributed by atoms with Gasteiger partial charge >= 0.3 is 6.18 Å². The van der Waals surface area contributed by atoms with Gasteiger partial charge in [-0.05, 0) is 31.0 Å². The van der Waals surface area contributed by atoms with E-state index < -0.39 is 37.0 Å². The molecule has 1 aromatic carbocycles. The molecule has 9 heteroatoms. The number of fused-ring (bicyclic) bond motifs is 1. The molecule has 1 atom stereocenters. The second kappa shape index (κ2) is 6.98. The number of halogens is 3. The zero-order valence-electron chi connectivity index (χ0n) is 14.7. The summed E-state index contributed by atoms with van der Waals surface area (Å²) in [5.74, 6) is -3.08. The maximum atomic E-state index is 13.5. The summed E-state index contributed by atoms with van der Waals surface area (Å²) in [6, 6.07) is 4.33. The van der Waals surface area contributed by atoms with E-state index in [0.717, 1.165) is 10.5 Å². The predicted molar refractivity (Wildman–Crippen MR) is 91.3 cm³/mol. The first-order chi connectivity index (χ1) is 12.6. The number of anilines is 1. The minimum absolute atomic E-state index is 0.0263. The quantitative estimate of drug-likeness (QED) is 0.891. The van der Waals surface area contributed by atoms with Crippen LogP contribution >= 0.6 is 0 Å². The number of aryl methyl sites for hydroxylation is 2. The van der Waals surface area contributed by atoms with Gasteiger partial charge in [0, 0.05) is 24.5 Å². The fourth-order valence-corrected chi connectivity index (χ4v) is 2.95. The van der Waals surface area contributed by atoms with Crippen LogP contribution in [0.3, 0.4) is 0 Å². The standard InChI is InChI=1S/C18H17F3N4O2/c1-10-3-4-12-13(5-10)14(18(19,20)21)8-25(16(12)27)9-15(26)24-17-22-6-11(2)7-23-17/h3-7,14H,8-9H2,1-2H3,(H,22,23,24,26)/t14-/m0/s1. The van der Waals surface area contributed by atoms with E-state index in [4.69, 9.17) is 0 Å². The molecule has 0 bridgehead atoms. The van der Waals surface area contributed by atoms with Crippen LogP contribution in [0.2, 0.25) is 0 Å². The van der Waals surface area contributed by atoms with Gasteiger partial charge in [0.05, 0.1) is 5.92 Å². The van der Waals surface area contributed by atoms with E-state index in [-0.39, 0.29) is 17.1 Å². The number of hydrogen-bond donors (Lipinski definition) is 1. The largest absolute Gasteiger partial charge is 0.397 e. The monoisotopic (exact) mass is 378 g/mol. The maximum absolute atomic E-state index is 13.5. The Kier molecular flexibility index (Phi) is 4.86. The van der Waals surface area contributed by atoms with Gasteiger partial charge in [-0.3, -0.25) is 14.9 Å². The summed E-state index contributed by atoms with van der Waals surface area (Å²) in [7, 11) is 0. The van der Waals surface area contributed by atoms with Gasteiger partial charge in [-0.25, -0.2) is 9.97 Å². The van der Waals surface area contributed by atoms with Crippen LogP contribution in [0.15, 0.2) is 30.6 Å². The molecule has 0 saturated heterocycles. The van der Waals surface area contributed by atoms with E-state index in [1.807, 2.05) is 0 Å². The molecule has 0 spiro atoms. The Morgan fingerprint density at radius 1 is 1.22 bits per heavy atom. The van der Waals surface area contributed by atoms with Crippen molar-refractivity contribution < 1.29 is 22.8 Å². The first-order valence-corrected chi connectivity index (χ1v) is 8.20. The average Bonchev–Trinajstić information content (AvgIpc) is 2.58. The third-order valence-electron chi connectivity index (χ3n) is 4.26. The number of aromatic nitrogens is 2. The van der Waals surface area contributed by atoms with Gasteiger partial charge in [0.25, 0.3) is 5.91 Å². The maximum Gasteiger partial charge on any atom is 0.397 e. The van der Waals surface area contributed by atoms with Crippen molar-refractivity contribution in [1.29, 1.82) is 0 Å². The molecule has 2 aromatic rings. The highest BCUT2D eigenvalue weighted by atomic mass is 19.4. The molecule has 2 amide bonds. The lowest BCUT2D eigenvalue weighted by Gasteiger charge is -2.35. The summed E-state index contributed by atoms with van der Waals surface area (Å²) in [6.07, 6.45) is -1.54. The van der Waals surface area contributed by atoms with Crippen molar-refractivity contribution in [2.75, 3.05) is 18.4 Å². The Bertz CT molecular complexity index is 881. The van der Waals surface area contributed by atoms with Crippen LogP contribution in [0.4, 0.5) is 19.1 Å². The first-order valence-electron chi connectivity index (χ1n) is 8.20. The molecule has 6 nitrogen and oxygen atoms in total. The zero-order valence-corrected chi connectivity index (χ0v) is 14.7. The van der Waals surface area contributed by atoms with E-state index in [1.165, 1.54) is 24.5 Å². The summed E-state index contributed by atoms with van der Waals surface area (Å²) in [4.78, 5) is 33.5. The molecule has 0 unspecified atom stereocenters. The van der Waals surface area contributed by atoms with Crippen LogP contribution in [0, 0.1) is 13.8 Å². The van der Waals surface area contributed by atoms with Crippen LogP contribution in [-0.2, 0) is 4.79 Å². The summed E-state index contributed by atoms with van der Waals surface area (Å²) < 4.78 is 40.5. The number of carbonyl (C=O) groups excluding carboxylic acids is 2. The highest BCUT2D eigenvalue weighted by molar-refractivity contribution is 6.00. The minimum Gasteiger partial charge on any atom is -0.328 e. The Hall–Kier alpha value is -2.97. The molecule has 0 radical (unpaired) electrons. The topological polar surface area (TPSA) is 75.2 Å². The summed E-state index contributed by atoms with van der Waals surface area (Å²) >= 11 is 0. The minimum atomic E-state index is -4.53. The van der Waals surface area contributed by atoms with Crippen molar-refractivity contribution in [2.45, 2.75) is 25.9 Å². The summed E-state index contributed by atoms with van der Waals surface area (Å²) in [6.45, 7) is 2.31. The SMILES string of the molecule is Cc1cnc(NC(=O)CN2C[C@H](C(F)(F)F)c3cc(C)ccc3C2=O)nc1. The molecule has 2 heterocycles. The third-order valence-corrected chi connectivity index (χ3v) is 4.26. The molecule has 3 rings (SSSR count). The van der Waals surface area contributed by atoms with E-state index in [0.29, 0.717) is 5.56 Å². The van der Waals surface area contributed by atoms with Gasteiger partial charge in [-0.1, -0.05) is 17.7 Å². The lowest BCUT2D eigenvalue weighted by atomic mass is 9.87. The van der Waals surface area contributed by atoms with Gasteiger partial charge in [0.2, 0.25) is 11.9 Å². The Balaban J connectivity index is 1.81. The van der Waals surface area contributed by atoms with Gasteiger partial charge < -0.3 is 4.90 Å². The zero-order chi connectivity index (χ0) is 19.8. The van der Waals surface area contributed by atoms with Crippen LogP contribution in [0.1, 0.15) is 33.0 Å². The Morgan fingerprint density at radius 3 is 2.52 bits per heavy atom. The number of alkyl halides is 3. The van der Waals surface area contributed by atoms with Crippen LogP contribution in [0.5, 0.6) is 0 Å². The van der Waals surface area contributed by atoms with Crippen molar-refractivity contribution in [2.24, 2.45) is 0 Å². The van der Waals surface area contributed by atoms with Crippen LogP contribution < -0.4 is 5.32 Å². The number of hydrogen-bond acceptors (Lipinski definition) is 4. The number of rotatable bonds is 3. The number of nitrogens with one attached hydrogen (secondary N) is 1. The van der Waals surface area contributed by atoms with Gasteiger partial charge in [0.1, 0.15) is 6.54 Å². The molecular weight excluding hydrogens is 361 g/mol. The van der Waals surface area contributed by atoms with Crippen molar-refractivity contribution in [1.82, 2.24) is 14.9 Å². The molecule has 1 N–H and O–H groups in total.